The standard InChI is InChI=1S/C31H33ClN2O8S/c1-7-39-23-14-19(13-21(32)28(23)41-16-25(35)38-6)15-24-29(36)34-27(20-11-9-10-12-22(20)42-17(3)4)26(30(37)40-8-2)18(5)33-31(34)43-24/h9-15,17,27H,7-8,16H2,1-6H3/b24-15+/t27-/m0/s1. The van der Waals surface area contributed by atoms with E-state index in [0.717, 1.165) is 0 Å². The molecule has 0 N–H and O–H groups in total. The lowest BCUT2D eigenvalue weighted by Crippen LogP contribution is -2.40. The van der Waals surface area contributed by atoms with Crippen molar-refractivity contribution >= 4 is 41.0 Å². The first kappa shape index (κ1) is 31.8. The third-order valence-electron chi connectivity index (χ3n) is 6.28. The fourth-order valence-corrected chi connectivity index (χ4v) is 5.89. The zero-order valence-corrected chi connectivity index (χ0v) is 26.3. The molecule has 1 aliphatic heterocycles. The molecule has 2 aromatic carbocycles. The Morgan fingerprint density at radius 1 is 1.12 bits per heavy atom. The minimum atomic E-state index is -0.830. The molecule has 0 saturated carbocycles. The van der Waals surface area contributed by atoms with Crippen LogP contribution < -0.4 is 29.1 Å². The van der Waals surface area contributed by atoms with Crippen molar-refractivity contribution in [3.05, 3.63) is 83.5 Å². The van der Waals surface area contributed by atoms with Crippen LogP contribution in [0.2, 0.25) is 5.02 Å². The number of nitrogens with zero attached hydrogens (tertiary/aromatic N) is 2. The van der Waals surface area contributed by atoms with Gasteiger partial charge in [-0.2, -0.15) is 0 Å². The molecule has 2 heterocycles. The van der Waals surface area contributed by atoms with Gasteiger partial charge in [0.2, 0.25) is 0 Å². The number of carbonyl (C=O) groups is 2. The van der Waals surface area contributed by atoms with E-state index in [2.05, 4.69) is 9.73 Å². The van der Waals surface area contributed by atoms with Gasteiger partial charge in [-0.3, -0.25) is 9.36 Å². The monoisotopic (exact) mass is 628 g/mol. The molecule has 4 rings (SSSR count). The van der Waals surface area contributed by atoms with Gasteiger partial charge in [-0.25, -0.2) is 14.6 Å². The van der Waals surface area contributed by atoms with Crippen LogP contribution in [0.15, 0.2) is 57.5 Å². The van der Waals surface area contributed by atoms with Gasteiger partial charge in [0.15, 0.2) is 22.9 Å². The lowest BCUT2D eigenvalue weighted by atomic mass is 9.95. The van der Waals surface area contributed by atoms with Gasteiger partial charge in [-0.15, -0.1) is 0 Å². The highest BCUT2D eigenvalue weighted by Crippen LogP contribution is 2.38. The minimum absolute atomic E-state index is 0.142. The number of aromatic nitrogens is 1. The Morgan fingerprint density at radius 2 is 1.86 bits per heavy atom. The summed E-state index contributed by atoms with van der Waals surface area (Å²) in [5.41, 5.74) is 1.54. The van der Waals surface area contributed by atoms with Crippen LogP contribution in [-0.4, -0.2) is 49.5 Å². The predicted octanol–water partition coefficient (Wildman–Crippen LogP) is 4.19. The van der Waals surface area contributed by atoms with E-state index in [9.17, 15) is 14.4 Å². The summed E-state index contributed by atoms with van der Waals surface area (Å²) in [6.07, 6.45) is 1.52. The van der Waals surface area contributed by atoms with Crippen LogP contribution in [0.5, 0.6) is 17.2 Å². The number of carbonyl (C=O) groups excluding carboxylic acids is 2. The maximum absolute atomic E-state index is 14.1. The highest BCUT2D eigenvalue weighted by molar-refractivity contribution is 7.07. The summed E-state index contributed by atoms with van der Waals surface area (Å²) in [6.45, 7) is 9.19. The number of methoxy groups -OCH3 is 1. The fourth-order valence-electron chi connectivity index (χ4n) is 4.57. The van der Waals surface area contributed by atoms with Gasteiger partial charge in [0.1, 0.15) is 11.8 Å². The molecule has 12 heteroatoms. The number of halogens is 1. The molecule has 0 amide bonds. The molecule has 0 aliphatic carbocycles. The summed E-state index contributed by atoms with van der Waals surface area (Å²) in [5.74, 6) is -0.0987. The zero-order chi connectivity index (χ0) is 31.3. The van der Waals surface area contributed by atoms with Crippen LogP contribution in [0, 0.1) is 0 Å². The zero-order valence-electron chi connectivity index (χ0n) is 24.8. The van der Waals surface area contributed by atoms with E-state index in [0.29, 0.717) is 44.3 Å². The van der Waals surface area contributed by atoms with Crippen LogP contribution in [-0.2, 0) is 19.1 Å². The topological polar surface area (TPSA) is 115 Å². The van der Waals surface area contributed by atoms with Crippen LogP contribution in [0.3, 0.4) is 0 Å². The Balaban J connectivity index is 1.90. The van der Waals surface area contributed by atoms with Gasteiger partial charge in [0, 0.05) is 5.56 Å². The van der Waals surface area contributed by atoms with Gasteiger partial charge in [0.25, 0.3) is 5.56 Å². The van der Waals surface area contributed by atoms with Crippen molar-refractivity contribution in [1.82, 2.24) is 4.57 Å². The Hall–Kier alpha value is -4.09. The summed E-state index contributed by atoms with van der Waals surface area (Å²) in [6, 6.07) is 9.75. The second-order valence-electron chi connectivity index (χ2n) is 9.63. The molecule has 3 aromatic rings. The molecule has 43 heavy (non-hydrogen) atoms. The number of rotatable bonds is 11. The van der Waals surface area contributed by atoms with E-state index in [1.807, 2.05) is 38.1 Å². The van der Waals surface area contributed by atoms with Crippen molar-refractivity contribution in [2.24, 2.45) is 4.99 Å². The molecule has 0 radical (unpaired) electrons. The lowest BCUT2D eigenvalue weighted by molar-refractivity contribution is -0.143. The Labute approximate surface area is 257 Å². The van der Waals surface area contributed by atoms with E-state index < -0.39 is 18.0 Å². The molecule has 0 fully saturated rings. The number of thiazole rings is 1. The number of para-hydroxylation sites is 1. The quantitative estimate of drug-likeness (QED) is 0.291. The number of ether oxygens (including phenoxy) is 5. The summed E-state index contributed by atoms with van der Waals surface area (Å²) >= 11 is 7.70. The molecular weight excluding hydrogens is 596 g/mol. The summed E-state index contributed by atoms with van der Waals surface area (Å²) in [5, 5.41) is 0.187. The molecule has 228 valence electrons. The minimum Gasteiger partial charge on any atom is -0.491 e. The van der Waals surface area contributed by atoms with Crippen molar-refractivity contribution < 1.29 is 33.3 Å². The largest absolute Gasteiger partial charge is 0.491 e. The highest BCUT2D eigenvalue weighted by Gasteiger charge is 2.35. The Bertz CT molecular complexity index is 1740. The third-order valence-corrected chi connectivity index (χ3v) is 7.55. The lowest BCUT2D eigenvalue weighted by Gasteiger charge is -2.26. The average molecular weight is 629 g/mol. The maximum atomic E-state index is 14.1. The van der Waals surface area contributed by atoms with Crippen LogP contribution in [0.25, 0.3) is 6.08 Å². The number of fused-ring (bicyclic) bond motifs is 1. The molecule has 1 atom stereocenters. The fraction of sp³-hybridized carbons (Fsp3) is 0.355. The van der Waals surface area contributed by atoms with E-state index in [4.69, 9.17) is 30.5 Å². The molecular formula is C31H33ClN2O8S. The number of esters is 2. The molecule has 0 spiro atoms. The molecule has 10 nitrogen and oxygen atoms in total. The molecule has 0 bridgehead atoms. The van der Waals surface area contributed by atoms with Gasteiger partial charge in [-0.1, -0.05) is 41.1 Å². The first-order valence-electron chi connectivity index (χ1n) is 13.7. The summed E-state index contributed by atoms with van der Waals surface area (Å²) in [7, 11) is 1.26. The smallest absolute Gasteiger partial charge is 0.343 e. The van der Waals surface area contributed by atoms with Gasteiger partial charge < -0.3 is 23.7 Å². The third kappa shape index (κ3) is 6.94. The summed E-state index contributed by atoms with van der Waals surface area (Å²) < 4.78 is 29.2. The SMILES string of the molecule is CCOC(=O)C1=C(C)N=c2s/c(=C/c3cc(Cl)c(OCC(=O)OC)c(OCC)c3)c(=O)n2[C@H]1c1ccccc1OC(C)C. The molecule has 0 saturated heterocycles. The first-order valence-corrected chi connectivity index (χ1v) is 14.9. The van der Waals surface area contributed by atoms with Crippen molar-refractivity contribution in [1.29, 1.82) is 0 Å². The molecule has 1 aromatic heterocycles. The number of hydrogen-bond donors (Lipinski definition) is 0. The van der Waals surface area contributed by atoms with Crippen LogP contribution >= 0.6 is 22.9 Å². The van der Waals surface area contributed by atoms with E-state index >= 15 is 0 Å². The first-order chi connectivity index (χ1) is 20.6. The summed E-state index contributed by atoms with van der Waals surface area (Å²) in [4.78, 5) is 44.0. The Morgan fingerprint density at radius 3 is 2.53 bits per heavy atom. The number of hydrogen-bond acceptors (Lipinski definition) is 10. The molecule has 1 aliphatic rings. The van der Waals surface area contributed by atoms with Gasteiger partial charge in [0.05, 0.1) is 47.3 Å². The van der Waals surface area contributed by atoms with Crippen molar-refractivity contribution in [3.8, 4) is 17.2 Å². The van der Waals surface area contributed by atoms with E-state index in [-0.39, 0.29) is 41.2 Å². The van der Waals surface area contributed by atoms with Crippen LogP contribution in [0.1, 0.15) is 51.8 Å². The second-order valence-corrected chi connectivity index (χ2v) is 11.1. The highest BCUT2D eigenvalue weighted by atomic mass is 35.5. The Kier molecular flexibility index (Phi) is 10.3. The second kappa shape index (κ2) is 13.9. The van der Waals surface area contributed by atoms with Crippen molar-refractivity contribution in [2.75, 3.05) is 26.9 Å². The predicted molar refractivity (Wildman–Crippen MR) is 163 cm³/mol. The van der Waals surface area contributed by atoms with Crippen molar-refractivity contribution in [3.63, 3.8) is 0 Å². The van der Waals surface area contributed by atoms with Gasteiger partial charge >= 0.3 is 11.9 Å². The average Bonchev–Trinajstić information content (AvgIpc) is 3.25. The van der Waals surface area contributed by atoms with Crippen LogP contribution in [0.4, 0.5) is 0 Å². The van der Waals surface area contributed by atoms with Gasteiger partial charge in [-0.05, 0) is 64.5 Å². The maximum Gasteiger partial charge on any atom is 0.343 e. The van der Waals surface area contributed by atoms with E-state index in [1.54, 1.807) is 39.0 Å². The molecule has 0 unspecified atom stereocenters. The van der Waals surface area contributed by atoms with Crippen molar-refractivity contribution in [2.45, 2.75) is 46.8 Å². The van der Waals surface area contributed by atoms with E-state index in [1.165, 1.54) is 23.0 Å². The normalized spacial score (nSPS) is 14.7. The number of benzene rings is 2. The number of allylic oxidation sites excluding steroid dienone is 1.